The Labute approximate surface area is 164 Å². The van der Waals surface area contributed by atoms with E-state index in [0.29, 0.717) is 44.3 Å². The zero-order chi connectivity index (χ0) is 19.3. The van der Waals surface area contributed by atoms with Crippen LogP contribution >= 0.6 is 0 Å². The van der Waals surface area contributed by atoms with E-state index in [1.165, 1.54) is 0 Å². The summed E-state index contributed by atoms with van der Waals surface area (Å²) in [5, 5.41) is 2.90. The zero-order valence-electron chi connectivity index (χ0n) is 15.9. The zero-order valence-corrected chi connectivity index (χ0v) is 15.9. The van der Waals surface area contributed by atoms with Crippen LogP contribution in [0.2, 0.25) is 0 Å². The van der Waals surface area contributed by atoms with Crippen molar-refractivity contribution < 1.29 is 23.8 Å². The summed E-state index contributed by atoms with van der Waals surface area (Å²) in [5.74, 6) is 1.21. The predicted octanol–water partition coefficient (Wildman–Crippen LogP) is 0.148. The van der Waals surface area contributed by atoms with Crippen molar-refractivity contribution in [2.45, 2.75) is 0 Å². The van der Waals surface area contributed by atoms with E-state index >= 15 is 0 Å². The Morgan fingerprint density at radius 3 is 2.61 bits per heavy atom. The Bertz CT molecular complexity index is 722. The molecular formula is C19H26N4O5. The van der Waals surface area contributed by atoms with E-state index in [2.05, 4.69) is 10.2 Å². The molecule has 3 aliphatic rings. The van der Waals surface area contributed by atoms with Crippen LogP contribution in [0.15, 0.2) is 18.2 Å². The number of morpholine rings is 1. The fourth-order valence-electron chi connectivity index (χ4n) is 3.58. The molecule has 0 spiro atoms. The van der Waals surface area contributed by atoms with Gasteiger partial charge in [-0.1, -0.05) is 0 Å². The van der Waals surface area contributed by atoms with Crippen LogP contribution in [-0.4, -0.2) is 94.0 Å². The lowest BCUT2D eigenvalue weighted by Gasteiger charge is -2.26. The number of nitrogens with one attached hydrogen (secondary N) is 1. The molecule has 152 valence electrons. The summed E-state index contributed by atoms with van der Waals surface area (Å²) < 4.78 is 16.4. The summed E-state index contributed by atoms with van der Waals surface area (Å²) in [6, 6.07) is 5.31. The highest BCUT2D eigenvalue weighted by atomic mass is 16.6. The topological polar surface area (TPSA) is 83.6 Å². The average Bonchev–Trinajstić information content (AvgIpc) is 3.08. The van der Waals surface area contributed by atoms with Gasteiger partial charge in [0.15, 0.2) is 11.5 Å². The van der Waals surface area contributed by atoms with Gasteiger partial charge in [0.2, 0.25) is 5.91 Å². The molecule has 0 unspecified atom stereocenters. The summed E-state index contributed by atoms with van der Waals surface area (Å²) in [7, 11) is 0. The maximum absolute atomic E-state index is 12.7. The minimum atomic E-state index is -0.167. The molecule has 28 heavy (non-hydrogen) atoms. The van der Waals surface area contributed by atoms with Gasteiger partial charge in [-0.15, -0.1) is 0 Å². The first-order chi connectivity index (χ1) is 13.7. The second-order valence-electron chi connectivity index (χ2n) is 6.99. The van der Waals surface area contributed by atoms with E-state index in [9.17, 15) is 9.59 Å². The van der Waals surface area contributed by atoms with E-state index in [1.807, 2.05) is 18.2 Å². The van der Waals surface area contributed by atoms with Gasteiger partial charge in [-0.25, -0.2) is 4.79 Å². The molecule has 9 heteroatoms. The number of benzene rings is 1. The van der Waals surface area contributed by atoms with Gasteiger partial charge in [0.1, 0.15) is 19.8 Å². The Morgan fingerprint density at radius 2 is 1.79 bits per heavy atom. The lowest BCUT2D eigenvalue weighted by molar-refractivity contribution is -0.121. The van der Waals surface area contributed by atoms with E-state index in [1.54, 1.807) is 9.80 Å². The molecule has 4 rings (SSSR count). The van der Waals surface area contributed by atoms with Gasteiger partial charge in [0.25, 0.3) is 0 Å². The van der Waals surface area contributed by atoms with Gasteiger partial charge in [0, 0.05) is 51.0 Å². The lowest BCUT2D eigenvalue weighted by atomic mass is 10.2. The molecule has 3 heterocycles. The molecule has 3 aliphatic heterocycles. The van der Waals surface area contributed by atoms with Gasteiger partial charge in [-0.3, -0.25) is 14.6 Å². The number of anilines is 1. The number of hydrogen-bond acceptors (Lipinski definition) is 6. The quantitative estimate of drug-likeness (QED) is 0.745. The largest absolute Gasteiger partial charge is 0.486 e. The number of hydrogen-bond donors (Lipinski definition) is 1. The maximum Gasteiger partial charge on any atom is 0.325 e. The van der Waals surface area contributed by atoms with Crippen LogP contribution in [0.3, 0.4) is 0 Å². The lowest BCUT2D eigenvalue weighted by Crippen LogP contribution is -2.44. The normalized spacial score (nSPS) is 19.8. The Balaban J connectivity index is 1.26. The summed E-state index contributed by atoms with van der Waals surface area (Å²) in [6.45, 7) is 6.81. The highest BCUT2D eigenvalue weighted by Crippen LogP contribution is 2.34. The number of carbonyl (C=O) groups excluding carboxylic acids is 2. The third-order valence-corrected chi connectivity index (χ3v) is 5.12. The number of amides is 3. The van der Waals surface area contributed by atoms with E-state index in [0.717, 1.165) is 38.5 Å². The number of rotatable bonds is 6. The van der Waals surface area contributed by atoms with Crippen LogP contribution in [0.4, 0.5) is 10.5 Å². The van der Waals surface area contributed by atoms with Gasteiger partial charge >= 0.3 is 6.03 Å². The van der Waals surface area contributed by atoms with Crippen LogP contribution in [-0.2, 0) is 9.53 Å². The summed E-state index contributed by atoms with van der Waals surface area (Å²) in [6.07, 6.45) is 0. The van der Waals surface area contributed by atoms with Crippen molar-refractivity contribution in [3.05, 3.63) is 18.2 Å². The minimum Gasteiger partial charge on any atom is -0.486 e. The van der Waals surface area contributed by atoms with Crippen molar-refractivity contribution in [1.29, 1.82) is 0 Å². The monoisotopic (exact) mass is 390 g/mol. The summed E-state index contributed by atoms with van der Waals surface area (Å²) >= 11 is 0. The van der Waals surface area contributed by atoms with Crippen LogP contribution in [0.25, 0.3) is 0 Å². The smallest absolute Gasteiger partial charge is 0.325 e. The van der Waals surface area contributed by atoms with E-state index in [4.69, 9.17) is 14.2 Å². The van der Waals surface area contributed by atoms with Gasteiger partial charge in [-0.2, -0.15) is 0 Å². The third kappa shape index (κ3) is 4.31. The first-order valence-corrected chi connectivity index (χ1v) is 9.73. The molecule has 0 bridgehead atoms. The number of nitrogens with zero attached hydrogens (tertiary/aromatic N) is 3. The molecule has 0 saturated carbocycles. The summed E-state index contributed by atoms with van der Waals surface area (Å²) in [4.78, 5) is 30.4. The first-order valence-electron chi connectivity index (χ1n) is 9.73. The standard InChI is InChI=1S/C19H26N4O5/c24-18(20-3-4-21-7-9-26-10-8-21)14-22-5-6-23(19(22)25)15-1-2-16-17(13-15)28-12-11-27-16/h1-2,13H,3-12,14H2,(H,20,24). The highest BCUT2D eigenvalue weighted by molar-refractivity contribution is 5.96. The Morgan fingerprint density at radius 1 is 1.00 bits per heavy atom. The van der Waals surface area contributed by atoms with Gasteiger partial charge < -0.3 is 24.4 Å². The number of urea groups is 1. The fourth-order valence-corrected chi connectivity index (χ4v) is 3.58. The molecule has 2 fully saturated rings. The van der Waals surface area contributed by atoms with Crippen LogP contribution in [0, 0.1) is 0 Å². The molecule has 0 atom stereocenters. The second-order valence-corrected chi connectivity index (χ2v) is 6.99. The van der Waals surface area contributed by atoms with Crippen molar-refractivity contribution in [2.24, 2.45) is 0 Å². The fraction of sp³-hybridized carbons (Fsp3) is 0.579. The van der Waals surface area contributed by atoms with Crippen molar-refractivity contribution in [1.82, 2.24) is 15.1 Å². The SMILES string of the molecule is O=C(CN1CCN(c2ccc3c(c2)OCCO3)C1=O)NCCN1CCOCC1. The van der Waals surface area contributed by atoms with E-state index in [-0.39, 0.29) is 18.5 Å². The molecule has 9 nitrogen and oxygen atoms in total. The van der Waals surface area contributed by atoms with Crippen molar-refractivity contribution in [3.63, 3.8) is 0 Å². The Kier molecular flexibility index (Phi) is 5.82. The Hall–Kier alpha value is -2.52. The number of carbonyl (C=O) groups is 2. The number of fused-ring (bicyclic) bond motifs is 1. The van der Waals surface area contributed by atoms with Crippen LogP contribution in [0.1, 0.15) is 0 Å². The molecule has 1 N–H and O–H groups in total. The minimum absolute atomic E-state index is 0.0724. The van der Waals surface area contributed by atoms with Crippen molar-refractivity contribution in [3.8, 4) is 11.5 Å². The molecule has 0 radical (unpaired) electrons. The second kappa shape index (κ2) is 8.66. The van der Waals surface area contributed by atoms with Crippen LogP contribution in [0.5, 0.6) is 11.5 Å². The van der Waals surface area contributed by atoms with Gasteiger partial charge in [-0.05, 0) is 12.1 Å². The molecule has 3 amide bonds. The van der Waals surface area contributed by atoms with Crippen LogP contribution < -0.4 is 19.7 Å². The average molecular weight is 390 g/mol. The number of ether oxygens (including phenoxy) is 3. The van der Waals surface area contributed by atoms with Crippen molar-refractivity contribution >= 4 is 17.6 Å². The molecule has 0 aromatic heterocycles. The molecule has 1 aromatic rings. The van der Waals surface area contributed by atoms with E-state index < -0.39 is 0 Å². The molecular weight excluding hydrogens is 364 g/mol. The predicted molar refractivity (Wildman–Crippen MR) is 102 cm³/mol. The maximum atomic E-state index is 12.7. The van der Waals surface area contributed by atoms with Crippen molar-refractivity contribution in [2.75, 3.05) is 77.1 Å². The highest BCUT2D eigenvalue weighted by Gasteiger charge is 2.31. The molecule has 0 aliphatic carbocycles. The molecule has 1 aromatic carbocycles. The van der Waals surface area contributed by atoms with Gasteiger partial charge in [0.05, 0.1) is 13.2 Å². The summed E-state index contributed by atoms with van der Waals surface area (Å²) in [5.41, 5.74) is 0.754. The first kappa shape index (κ1) is 18.8. The third-order valence-electron chi connectivity index (χ3n) is 5.12. The molecule has 2 saturated heterocycles.